The molecule has 3 rings (SSSR count). The van der Waals surface area contributed by atoms with Crippen molar-refractivity contribution in [3.8, 4) is 11.4 Å². The molecule has 1 aromatic carbocycles. The predicted molar refractivity (Wildman–Crippen MR) is 64.3 cm³/mol. The molecule has 0 spiro atoms. The number of fused-ring (bicyclic) bond motifs is 1. The summed E-state index contributed by atoms with van der Waals surface area (Å²) in [4.78, 5) is 11.4. The van der Waals surface area contributed by atoms with Crippen molar-refractivity contribution in [2.24, 2.45) is 0 Å². The van der Waals surface area contributed by atoms with Gasteiger partial charge in [0.1, 0.15) is 17.2 Å². The molecule has 0 aliphatic carbocycles. The lowest BCUT2D eigenvalue weighted by molar-refractivity contribution is 0.628. The number of imidazole rings is 1. The molecule has 2 aromatic heterocycles. The molecule has 0 radical (unpaired) electrons. The average molecular weight is 248 g/mol. The number of aromatic amines is 1. The summed E-state index contributed by atoms with van der Waals surface area (Å²) < 4.78 is 12.8. The Morgan fingerprint density at radius 3 is 2.59 bits per heavy atom. The van der Waals surface area contributed by atoms with Gasteiger partial charge in [0, 0.05) is 11.8 Å². The Bertz CT molecular complexity index is 676. The third kappa shape index (κ3) is 1.76. The Morgan fingerprint density at radius 1 is 1.12 bits per heavy atom. The summed E-state index contributed by atoms with van der Waals surface area (Å²) in [7, 11) is 0. The lowest BCUT2D eigenvalue weighted by Gasteiger charge is -1.94. The average Bonchev–Trinajstić information content (AvgIpc) is 2.75. The number of nitrogens with zero attached hydrogens (tertiary/aromatic N) is 2. The van der Waals surface area contributed by atoms with Gasteiger partial charge in [0.25, 0.3) is 0 Å². The van der Waals surface area contributed by atoms with E-state index in [1.165, 1.54) is 12.1 Å². The highest BCUT2D eigenvalue weighted by atomic mass is 35.5. The molecule has 1 N–H and O–H groups in total. The van der Waals surface area contributed by atoms with E-state index in [1.807, 2.05) is 0 Å². The van der Waals surface area contributed by atoms with E-state index >= 15 is 0 Å². The van der Waals surface area contributed by atoms with Crippen molar-refractivity contribution in [2.75, 3.05) is 0 Å². The van der Waals surface area contributed by atoms with E-state index in [-0.39, 0.29) is 5.82 Å². The van der Waals surface area contributed by atoms with Crippen LogP contribution in [0, 0.1) is 5.82 Å². The van der Waals surface area contributed by atoms with Gasteiger partial charge < -0.3 is 4.98 Å². The van der Waals surface area contributed by atoms with Crippen molar-refractivity contribution < 1.29 is 4.39 Å². The van der Waals surface area contributed by atoms with Gasteiger partial charge in [-0.25, -0.2) is 14.4 Å². The maximum Gasteiger partial charge on any atom is 0.156 e. The van der Waals surface area contributed by atoms with Gasteiger partial charge in [-0.15, -0.1) is 0 Å². The van der Waals surface area contributed by atoms with Crippen LogP contribution < -0.4 is 0 Å². The maximum atomic E-state index is 12.8. The van der Waals surface area contributed by atoms with Crippen molar-refractivity contribution in [3.63, 3.8) is 0 Å². The number of rotatable bonds is 1. The minimum absolute atomic E-state index is 0.274. The van der Waals surface area contributed by atoms with Gasteiger partial charge >= 0.3 is 0 Å². The zero-order valence-corrected chi connectivity index (χ0v) is 9.37. The molecular formula is C12H7ClFN3. The molecule has 5 heteroatoms. The van der Waals surface area contributed by atoms with Gasteiger partial charge in [-0.2, -0.15) is 0 Å². The number of benzene rings is 1. The highest BCUT2D eigenvalue weighted by Gasteiger charge is 2.08. The highest BCUT2D eigenvalue weighted by molar-refractivity contribution is 6.33. The molecule has 0 aliphatic rings. The minimum atomic E-state index is -0.274. The first kappa shape index (κ1) is 10.2. The molecule has 0 bridgehead atoms. The summed E-state index contributed by atoms with van der Waals surface area (Å²) in [5, 5.41) is 0.354. The van der Waals surface area contributed by atoms with Gasteiger partial charge in [0.2, 0.25) is 0 Å². The fourth-order valence-electron chi connectivity index (χ4n) is 1.65. The Morgan fingerprint density at radius 2 is 1.88 bits per heavy atom. The number of pyridine rings is 1. The van der Waals surface area contributed by atoms with Gasteiger partial charge in [-0.3, -0.25) is 0 Å². The van der Waals surface area contributed by atoms with E-state index < -0.39 is 0 Å². The summed E-state index contributed by atoms with van der Waals surface area (Å²) in [5.74, 6) is 0.375. The van der Waals surface area contributed by atoms with Gasteiger partial charge in [-0.1, -0.05) is 11.6 Å². The first-order valence-corrected chi connectivity index (χ1v) is 5.38. The molecule has 2 heterocycles. The van der Waals surface area contributed by atoms with Gasteiger partial charge in [0.15, 0.2) is 5.15 Å². The third-order valence-corrected chi connectivity index (χ3v) is 2.75. The quantitative estimate of drug-likeness (QED) is 0.670. The molecule has 0 unspecified atom stereocenters. The van der Waals surface area contributed by atoms with Crippen molar-refractivity contribution >= 4 is 22.6 Å². The fraction of sp³-hybridized carbons (Fsp3) is 0. The second-order valence-electron chi connectivity index (χ2n) is 3.59. The van der Waals surface area contributed by atoms with E-state index in [2.05, 4.69) is 15.0 Å². The monoisotopic (exact) mass is 247 g/mol. The molecule has 17 heavy (non-hydrogen) atoms. The van der Waals surface area contributed by atoms with Crippen LogP contribution >= 0.6 is 11.6 Å². The van der Waals surface area contributed by atoms with Gasteiger partial charge in [-0.05, 0) is 30.3 Å². The van der Waals surface area contributed by atoms with E-state index in [1.54, 1.807) is 24.4 Å². The molecule has 0 amide bonds. The summed E-state index contributed by atoms with van der Waals surface area (Å²) in [5.41, 5.74) is 2.23. The zero-order chi connectivity index (χ0) is 11.8. The number of nitrogens with one attached hydrogen (secondary N) is 1. The molecule has 0 saturated carbocycles. The van der Waals surface area contributed by atoms with Crippen molar-refractivity contribution in [2.45, 2.75) is 0 Å². The zero-order valence-electron chi connectivity index (χ0n) is 8.61. The normalized spacial score (nSPS) is 10.9. The fourth-order valence-corrected chi connectivity index (χ4v) is 1.85. The van der Waals surface area contributed by atoms with Crippen molar-refractivity contribution in [1.29, 1.82) is 0 Å². The standard InChI is InChI=1S/C12H7ClFN3/c13-11-10-9(5-6-15-11)16-12(17-10)7-1-3-8(14)4-2-7/h1-6H,(H,16,17). The van der Waals surface area contributed by atoms with Crippen LogP contribution in [0.1, 0.15) is 0 Å². The lowest BCUT2D eigenvalue weighted by Crippen LogP contribution is -1.80. The van der Waals surface area contributed by atoms with Crippen LogP contribution in [0.15, 0.2) is 36.5 Å². The van der Waals surface area contributed by atoms with Crippen molar-refractivity contribution in [3.05, 3.63) is 47.5 Å². The third-order valence-electron chi connectivity index (χ3n) is 2.47. The largest absolute Gasteiger partial charge is 0.338 e. The second kappa shape index (κ2) is 3.82. The van der Waals surface area contributed by atoms with E-state index in [4.69, 9.17) is 11.6 Å². The second-order valence-corrected chi connectivity index (χ2v) is 3.95. The van der Waals surface area contributed by atoms with Crippen LogP contribution in [0.25, 0.3) is 22.4 Å². The van der Waals surface area contributed by atoms with Crippen LogP contribution in [-0.4, -0.2) is 15.0 Å². The Balaban J connectivity index is 2.18. The summed E-state index contributed by atoms with van der Waals surface area (Å²) in [6, 6.07) is 7.90. The number of H-pyrrole nitrogens is 1. The molecule has 3 aromatic rings. The van der Waals surface area contributed by atoms with E-state index in [9.17, 15) is 4.39 Å². The van der Waals surface area contributed by atoms with Crippen molar-refractivity contribution in [1.82, 2.24) is 15.0 Å². The topological polar surface area (TPSA) is 41.6 Å². The van der Waals surface area contributed by atoms with E-state index in [0.29, 0.717) is 16.5 Å². The Kier molecular flexibility index (Phi) is 2.30. The first-order chi connectivity index (χ1) is 8.24. The molecule has 84 valence electrons. The van der Waals surface area contributed by atoms with Crippen LogP contribution in [0.2, 0.25) is 5.15 Å². The summed E-state index contributed by atoms with van der Waals surface area (Å²) in [6.45, 7) is 0. The Hall–Kier alpha value is -1.94. The van der Waals surface area contributed by atoms with Crippen LogP contribution in [-0.2, 0) is 0 Å². The number of hydrogen-bond donors (Lipinski definition) is 1. The molecule has 3 nitrogen and oxygen atoms in total. The van der Waals surface area contributed by atoms with Gasteiger partial charge in [0.05, 0.1) is 5.52 Å². The molecule has 0 aliphatic heterocycles. The molecular weight excluding hydrogens is 241 g/mol. The van der Waals surface area contributed by atoms with Crippen LogP contribution in [0.5, 0.6) is 0 Å². The molecule has 0 atom stereocenters. The smallest absolute Gasteiger partial charge is 0.156 e. The number of hydrogen-bond acceptors (Lipinski definition) is 2. The highest BCUT2D eigenvalue weighted by Crippen LogP contribution is 2.23. The lowest BCUT2D eigenvalue weighted by atomic mass is 10.2. The van der Waals surface area contributed by atoms with E-state index in [0.717, 1.165) is 11.1 Å². The number of halogens is 2. The summed E-state index contributed by atoms with van der Waals surface area (Å²) in [6.07, 6.45) is 1.61. The first-order valence-electron chi connectivity index (χ1n) is 5.00. The predicted octanol–water partition coefficient (Wildman–Crippen LogP) is 3.42. The minimum Gasteiger partial charge on any atom is -0.338 e. The van der Waals surface area contributed by atoms with Crippen LogP contribution in [0.3, 0.4) is 0 Å². The maximum absolute atomic E-state index is 12.8. The number of aromatic nitrogens is 3. The summed E-state index contributed by atoms with van der Waals surface area (Å²) >= 11 is 5.93. The molecule has 0 saturated heterocycles. The SMILES string of the molecule is Fc1ccc(-c2nc3c(Cl)nccc3[nH]2)cc1. The Labute approximate surface area is 101 Å². The molecule has 0 fully saturated rings. The van der Waals surface area contributed by atoms with Crippen LogP contribution in [0.4, 0.5) is 4.39 Å².